The molecule has 6 heteroatoms. The Morgan fingerprint density at radius 3 is 2.54 bits per heavy atom. The summed E-state index contributed by atoms with van der Waals surface area (Å²) < 4.78 is 6.31. The number of carbonyl (C=O) groups excluding carboxylic acids is 1. The zero-order valence-corrected chi connectivity index (χ0v) is 15.5. The van der Waals surface area contributed by atoms with Crippen LogP contribution in [0, 0.1) is 0 Å². The topological polar surface area (TPSA) is 53.9 Å². The molecule has 0 aromatic heterocycles. The van der Waals surface area contributed by atoms with Gasteiger partial charge in [0.05, 0.1) is 5.71 Å². The Labute approximate surface area is 150 Å². The highest BCUT2D eigenvalue weighted by Gasteiger charge is 2.04. The van der Waals surface area contributed by atoms with Crippen LogP contribution in [0.4, 0.5) is 5.69 Å². The van der Waals surface area contributed by atoms with Crippen molar-refractivity contribution in [1.29, 1.82) is 0 Å². The lowest BCUT2D eigenvalue weighted by molar-refractivity contribution is -0.123. The maximum absolute atomic E-state index is 11.8. The Hall–Kier alpha value is -2.34. The molecule has 2 aromatic carbocycles. The van der Waals surface area contributed by atoms with E-state index in [0.717, 1.165) is 21.4 Å². The summed E-state index contributed by atoms with van der Waals surface area (Å²) in [7, 11) is 3.98. The van der Waals surface area contributed by atoms with Gasteiger partial charge in [-0.05, 0) is 42.8 Å². The highest BCUT2D eigenvalue weighted by Crippen LogP contribution is 2.17. The van der Waals surface area contributed by atoms with E-state index in [1.807, 2.05) is 62.3 Å². The summed E-state index contributed by atoms with van der Waals surface area (Å²) >= 11 is 3.35. The average Bonchev–Trinajstić information content (AvgIpc) is 2.58. The second kappa shape index (κ2) is 8.49. The highest BCUT2D eigenvalue weighted by atomic mass is 79.9. The van der Waals surface area contributed by atoms with E-state index in [2.05, 4.69) is 26.5 Å². The van der Waals surface area contributed by atoms with E-state index in [0.29, 0.717) is 5.75 Å². The van der Waals surface area contributed by atoms with Crippen LogP contribution in [0.3, 0.4) is 0 Å². The molecule has 0 heterocycles. The average molecular weight is 390 g/mol. The van der Waals surface area contributed by atoms with Crippen LogP contribution < -0.4 is 15.1 Å². The predicted molar refractivity (Wildman–Crippen MR) is 101 cm³/mol. The van der Waals surface area contributed by atoms with E-state index < -0.39 is 0 Å². The highest BCUT2D eigenvalue weighted by molar-refractivity contribution is 9.10. The Bertz CT molecular complexity index is 727. The SMILES string of the molecule is C/C(=N/NC(=O)COc1cccc(Br)c1)c1ccc(N(C)C)cc1. The molecule has 0 fully saturated rings. The van der Waals surface area contributed by atoms with Gasteiger partial charge in [-0.25, -0.2) is 5.43 Å². The van der Waals surface area contributed by atoms with Crippen molar-refractivity contribution in [3.63, 3.8) is 0 Å². The summed E-state index contributed by atoms with van der Waals surface area (Å²) in [6, 6.07) is 15.3. The van der Waals surface area contributed by atoms with Crippen LogP contribution in [-0.2, 0) is 4.79 Å². The minimum Gasteiger partial charge on any atom is -0.484 e. The molecule has 0 radical (unpaired) electrons. The summed E-state index contributed by atoms with van der Waals surface area (Å²) in [5, 5.41) is 4.11. The van der Waals surface area contributed by atoms with Gasteiger partial charge in [0.25, 0.3) is 5.91 Å². The van der Waals surface area contributed by atoms with E-state index in [-0.39, 0.29) is 12.5 Å². The quantitative estimate of drug-likeness (QED) is 0.608. The van der Waals surface area contributed by atoms with E-state index >= 15 is 0 Å². The van der Waals surface area contributed by atoms with Crippen LogP contribution in [-0.4, -0.2) is 32.3 Å². The number of ether oxygens (including phenoxy) is 1. The summed E-state index contributed by atoms with van der Waals surface area (Å²) in [5.41, 5.74) is 5.30. The number of nitrogens with zero attached hydrogens (tertiary/aromatic N) is 2. The predicted octanol–water partition coefficient (Wildman–Crippen LogP) is 3.43. The van der Waals surface area contributed by atoms with E-state index in [1.54, 1.807) is 12.1 Å². The molecule has 24 heavy (non-hydrogen) atoms. The smallest absolute Gasteiger partial charge is 0.277 e. The lowest BCUT2D eigenvalue weighted by Crippen LogP contribution is -2.25. The van der Waals surface area contributed by atoms with Gasteiger partial charge in [0, 0.05) is 24.3 Å². The van der Waals surface area contributed by atoms with Gasteiger partial charge >= 0.3 is 0 Å². The minimum atomic E-state index is -0.306. The molecule has 0 unspecified atom stereocenters. The van der Waals surface area contributed by atoms with Crippen molar-refractivity contribution in [2.75, 3.05) is 25.6 Å². The standard InChI is InChI=1S/C18H20BrN3O2/c1-13(14-7-9-16(10-8-14)22(2)3)20-21-18(23)12-24-17-6-4-5-15(19)11-17/h4-11H,12H2,1-3H3,(H,21,23)/b20-13-. The third-order valence-corrected chi connectivity index (χ3v) is 3.81. The van der Waals surface area contributed by atoms with Crippen LogP contribution in [0.15, 0.2) is 58.1 Å². The minimum absolute atomic E-state index is 0.0905. The van der Waals surface area contributed by atoms with Gasteiger partial charge in [-0.15, -0.1) is 0 Å². The van der Waals surface area contributed by atoms with Gasteiger partial charge in [0.15, 0.2) is 6.61 Å². The number of carbonyl (C=O) groups is 1. The van der Waals surface area contributed by atoms with E-state index in [9.17, 15) is 4.79 Å². The third kappa shape index (κ3) is 5.38. The zero-order valence-electron chi connectivity index (χ0n) is 13.9. The first-order valence-electron chi connectivity index (χ1n) is 7.45. The molecule has 0 spiro atoms. The number of hydrogen-bond acceptors (Lipinski definition) is 4. The van der Waals surface area contributed by atoms with Crippen LogP contribution in [0.5, 0.6) is 5.75 Å². The number of rotatable bonds is 6. The third-order valence-electron chi connectivity index (χ3n) is 3.32. The summed E-state index contributed by atoms with van der Waals surface area (Å²) in [5.74, 6) is 0.318. The number of hydrazone groups is 1. The molecule has 0 aliphatic rings. The van der Waals surface area contributed by atoms with Gasteiger partial charge in [0.1, 0.15) is 5.75 Å². The molecular weight excluding hydrogens is 370 g/mol. The van der Waals surface area contributed by atoms with Crippen molar-refractivity contribution in [2.45, 2.75) is 6.92 Å². The summed E-state index contributed by atoms with van der Waals surface area (Å²) in [6.07, 6.45) is 0. The lowest BCUT2D eigenvalue weighted by Gasteiger charge is -2.12. The number of benzene rings is 2. The molecule has 1 amide bonds. The Morgan fingerprint density at radius 2 is 1.92 bits per heavy atom. The van der Waals surface area contributed by atoms with E-state index in [1.165, 1.54) is 0 Å². The maximum Gasteiger partial charge on any atom is 0.277 e. The van der Waals surface area contributed by atoms with E-state index in [4.69, 9.17) is 4.74 Å². The van der Waals surface area contributed by atoms with Crippen molar-refractivity contribution in [1.82, 2.24) is 5.43 Å². The van der Waals surface area contributed by atoms with Gasteiger partial charge < -0.3 is 9.64 Å². The first kappa shape index (κ1) is 18.0. The summed E-state index contributed by atoms with van der Waals surface area (Å²) in [6.45, 7) is 1.76. The first-order valence-corrected chi connectivity index (χ1v) is 8.24. The van der Waals surface area contributed by atoms with Crippen LogP contribution >= 0.6 is 15.9 Å². The molecule has 0 bridgehead atoms. The Morgan fingerprint density at radius 1 is 1.21 bits per heavy atom. The number of anilines is 1. The van der Waals surface area contributed by atoms with Crippen molar-refractivity contribution in [3.8, 4) is 5.75 Å². The van der Waals surface area contributed by atoms with Crippen LogP contribution in [0.2, 0.25) is 0 Å². The molecular formula is C18H20BrN3O2. The second-order valence-electron chi connectivity index (χ2n) is 5.42. The van der Waals surface area contributed by atoms with Gasteiger partial charge in [-0.3, -0.25) is 4.79 Å². The number of halogens is 1. The molecule has 0 aliphatic heterocycles. The molecule has 0 saturated carbocycles. The fraction of sp³-hybridized carbons (Fsp3) is 0.222. The zero-order chi connectivity index (χ0) is 17.5. The molecule has 5 nitrogen and oxygen atoms in total. The Kier molecular flexibility index (Phi) is 6.37. The molecule has 0 atom stereocenters. The Balaban J connectivity index is 1.88. The fourth-order valence-electron chi connectivity index (χ4n) is 1.95. The normalized spacial score (nSPS) is 11.1. The number of nitrogens with one attached hydrogen (secondary N) is 1. The van der Waals surface area contributed by atoms with Crippen LogP contribution in [0.25, 0.3) is 0 Å². The lowest BCUT2D eigenvalue weighted by atomic mass is 10.1. The monoisotopic (exact) mass is 389 g/mol. The molecule has 2 rings (SSSR count). The largest absolute Gasteiger partial charge is 0.484 e. The van der Waals surface area contributed by atoms with Gasteiger partial charge in [0.2, 0.25) is 0 Å². The molecule has 126 valence electrons. The van der Waals surface area contributed by atoms with Gasteiger partial charge in [-0.2, -0.15) is 5.10 Å². The van der Waals surface area contributed by atoms with Crippen molar-refractivity contribution >= 4 is 33.2 Å². The molecule has 2 aromatic rings. The summed E-state index contributed by atoms with van der Waals surface area (Å²) in [4.78, 5) is 13.8. The van der Waals surface area contributed by atoms with Gasteiger partial charge in [-0.1, -0.05) is 34.1 Å². The fourth-order valence-corrected chi connectivity index (χ4v) is 2.33. The molecule has 0 saturated heterocycles. The second-order valence-corrected chi connectivity index (χ2v) is 6.34. The number of hydrogen-bond donors (Lipinski definition) is 1. The van der Waals surface area contributed by atoms with Crippen LogP contribution in [0.1, 0.15) is 12.5 Å². The molecule has 1 N–H and O–H groups in total. The first-order chi connectivity index (χ1) is 11.5. The maximum atomic E-state index is 11.8. The molecule has 0 aliphatic carbocycles. The van der Waals surface area contributed by atoms with Crippen molar-refractivity contribution < 1.29 is 9.53 Å². The number of amides is 1. The van der Waals surface area contributed by atoms with Crippen molar-refractivity contribution in [2.24, 2.45) is 5.10 Å². The van der Waals surface area contributed by atoms with Crippen molar-refractivity contribution in [3.05, 3.63) is 58.6 Å².